The van der Waals surface area contributed by atoms with Gasteiger partial charge in [0.15, 0.2) is 0 Å². The number of esters is 1. The zero-order valence-electron chi connectivity index (χ0n) is 11.8. The molecule has 0 amide bonds. The highest BCUT2D eigenvalue weighted by Crippen LogP contribution is 2.43. The Labute approximate surface area is 119 Å². The van der Waals surface area contributed by atoms with E-state index in [2.05, 4.69) is 16.1 Å². The highest BCUT2D eigenvalue weighted by Gasteiger charge is 2.45. The van der Waals surface area contributed by atoms with E-state index in [0.717, 1.165) is 31.4 Å². The predicted molar refractivity (Wildman–Crippen MR) is 76.0 cm³/mol. The summed E-state index contributed by atoms with van der Waals surface area (Å²) in [5.74, 6) is -0.170. The maximum atomic E-state index is 11.0. The second-order valence-corrected chi connectivity index (χ2v) is 5.30. The Bertz CT molecular complexity index is 487. The molecule has 4 heteroatoms. The summed E-state index contributed by atoms with van der Waals surface area (Å²) < 4.78 is 4.60. The van der Waals surface area contributed by atoms with Crippen LogP contribution in [0.25, 0.3) is 0 Å². The fourth-order valence-corrected chi connectivity index (χ4v) is 2.72. The fourth-order valence-electron chi connectivity index (χ4n) is 2.72. The Morgan fingerprint density at radius 2 is 2.15 bits per heavy atom. The van der Waals surface area contributed by atoms with Crippen molar-refractivity contribution in [2.45, 2.75) is 37.1 Å². The molecule has 1 saturated carbocycles. The maximum Gasteiger partial charge on any atom is 0.305 e. The standard InChI is InChI=1S/C16H20N2O2/c1-20-15(19)8-5-9-18-14-10-16(11-14,12-17)13-6-3-2-4-7-13/h2-4,6-7,14,18H,5,8-11H2,1H3. The molecule has 1 aromatic carbocycles. The molecular formula is C16H20N2O2. The van der Waals surface area contributed by atoms with E-state index < -0.39 is 0 Å². The van der Waals surface area contributed by atoms with E-state index in [1.54, 1.807) is 0 Å². The van der Waals surface area contributed by atoms with Gasteiger partial charge in [-0.05, 0) is 31.4 Å². The van der Waals surface area contributed by atoms with Gasteiger partial charge in [0.25, 0.3) is 0 Å². The van der Waals surface area contributed by atoms with Crippen LogP contribution >= 0.6 is 0 Å². The number of methoxy groups -OCH3 is 1. The molecule has 0 heterocycles. The second-order valence-electron chi connectivity index (χ2n) is 5.30. The van der Waals surface area contributed by atoms with Gasteiger partial charge in [0.2, 0.25) is 0 Å². The molecule has 2 rings (SSSR count). The van der Waals surface area contributed by atoms with Gasteiger partial charge in [0, 0.05) is 12.5 Å². The van der Waals surface area contributed by atoms with Gasteiger partial charge in [-0.1, -0.05) is 30.3 Å². The molecule has 1 N–H and O–H groups in total. The van der Waals surface area contributed by atoms with Gasteiger partial charge in [0.1, 0.15) is 0 Å². The predicted octanol–water partition coefficient (Wildman–Crippen LogP) is 2.15. The number of hydrogen-bond donors (Lipinski definition) is 1. The number of nitrogens with one attached hydrogen (secondary N) is 1. The van der Waals surface area contributed by atoms with E-state index >= 15 is 0 Å². The lowest BCUT2D eigenvalue weighted by molar-refractivity contribution is -0.140. The fraction of sp³-hybridized carbons (Fsp3) is 0.500. The summed E-state index contributed by atoms with van der Waals surface area (Å²) in [6.07, 6.45) is 2.89. The van der Waals surface area contributed by atoms with Crippen LogP contribution in [-0.2, 0) is 14.9 Å². The lowest BCUT2D eigenvalue weighted by atomic mass is 9.62. The van der Waals surface area contributed by atoms with E-state index in [0.29, 0.717) is 12.5 Å². The summed E-state index contributed by atoms with van der Waals surface area (Å²) in [5, 5.41) is 12.8. The number of carbonyl (C=O) groups is 1. The SMILES string of the molecule is COC(=O)CCCNC1CC(C#N)(c2ccccc2)C1. The number of nitrogens with zero attached hydrogens (tertiary/aromatic N) is 1. The largest absolute Gasteiger partial charge is 0.469 e. The van der Waals surface area contributed by atoms with Crippen molar-refractivity contribution in [3.05, 3.63) is 35.9 Å². The van der Waals surface area contributed by atoms with Crippen LogP contribution in [0, 0.1) is 11.3 Å². The smallest absolute Gasteiger partial charge is 0.305 e. The van der Waals surface area contributed by atoms with Gasteiger partial charge in [0.05, 0.1) is 18.6 Å². The number of benzene rings is 1. The van der Waals surface area contributed by atoms with Gasteiger partial charge in [-0.15, -0.1) is 0 Å². The van der Waals surface area contributed by atoms with Crippen LogP contribution in [-0.4, -0.2) is 25.7 Å². The third-order valence-corrected chi connectivity index (χ3v) is 3.95. The molecule has 4 nitrogen and oxygen atoms in total. The summed E-state index contributed by atoms with van der Waals surface area (Å²) in [6, 6.07) is 12.8. The van der Waals surface area contributed by atoms with Crippen molar-refractivity contribution in [3.8, 4) is 6.07 Å². The quantitative estimate of drug-likeness (QED) is 0.636. The molecule has 0 aromatic heterocycles. The molecule has 0 unspecified atom stereocenters. The van der Waals surface area contributed by atoms with Gasteiger partial charge >= 0.3 is 5.97 Å². The molecule has 0 bridgehead atoms. The Morgan fingerprint density at radius 1 is 1.45 bits per heavy atom. The molecule has 1 aromatic rings. The first-order chi connectivity index (χ1) is 9.70. The topological polar surface area (TPSA) is 62.1 Å². The number of carbonyl (C=O) groups excluding carboxylic acids is 1. The van der Waals surface area contributed by atoms with E-state index in [-0.39, 0.29) is 11.4 Å². The summed E-state index contributed by atoms with van der Waals surface area (Å²) in [5.41, 5.74) is 0.775. The van der Waals surface area contributed by atoms with Crippen molar-refractivity contribution < 1.29 is 9.53 Å². The van der Waals surface area contributed by atoms with Crippen molar-refractivity contribution in [2.24, 2.45) is 0 Å². The normalized spacial score (nSPS) is 24.5. The first kappa shape index (κ1) is 14.5. The highest BCUT2D eigenvalue weighted by atomic mass is 16.5. The molecule has 0 spiro atoms. The van der Waals surface area contributed by atoms with E-state index in [1.807, 2.05) is 30.3 Å². The number of ether oxygens (including phenoxy) is 1. The van der Waals surface area contributed by atoms with Crippen LogP contribution in [0.3, 0.4) is 0 Å². The number of hydrogen-bond acceptors (Lipinski definition) is 4. The van der Waals surface area contributed by atoms with Gasteiger partial charge in [-0.25, -0.2) is 0 Å². The van der Waals surface area contributed by atoms with E-state index in [1.165, 1.54) is 7.11 Å². The third kappa shape index (κ3) is 3.17. The Balaban J connectivity index is 1.76. The monoisotopic (exact) mass is 272 g/mol. The molecule has 20 heavy (non-hydrogen) atoms. The van der Waals surface area contributed by atoms with Crippen LogP contribution in [0.4, 0.5) is 0 Å². The molecule has 1 aliphatic rings. The average molecular weight is 272 g/mol. The summed E-state index contributed by atoms with van der Waals surface area (Å²) in [7, 11) is 1.41. The van der Waals surface area contributed by atoms with Crippen LogP contribution in [0.2, 0.25) is 0 Å². The summed E-state index contributed by atoms with van der Waals surface area (Å²) in [6.45, 7) is 0.788. The number of nitriles is 1. The Hall–Kier alpha value is -1.86. The van der Waals surface area contributed by atoms with Gasteiger partial charge in [-0.2, -0.15) is 5.26 Å². The zero-order valence-corrected chi connectivity index (χ0v) is 11.8. The van der Waals surface area contributed by atoms with E-state index in [4.69, 9.17) is 0 Å². The first-order valence-electron chi connectivity index (χ1n) is 6.97. The van der Waals surface area contributed by atoms with Crippen LogP contribution in [0.1, 0.15) is 31.2 Å². The van der Waals surface area contributed by atoms with Crippen molar-refractivity contribution in [1.29, 1.82) is 5.26 Å². The lowest BCUT2D eigenvalue weighted by Crippen LogP contribution is -2.51. The second kappa shape index (κ2) is 6.53. The Morgan fingerprint density at radius 3 is 2.75 bits per heavy atom. The summed E-state index contributed by atoms with van der Waals surface area (Å²) >= 11 is 0. The van der Waals surface area contributed by atoms with Crippen molar-refractivity contribution in [1.82, 2.24) is 5.32 Å². The molecule has 0 radical (unpaired) electrons. The molecule has 1 fully saturated rings. The van der Waals surface area contributed by atoms with Crippen LogP contribution in [0.5, 0.6) is 0 Å². The van der Waals surface area contributed by atoms with Crippen molar-refractivity contribution in [2.75, 3.05) is 13.7 Å². The molecule has 0 atom stereocenters. The van der Waals surface area contributed by atoms with Crippen LogP contribution in [0.15, 0.2) is 30.3 Å². The maximum absolute atomic E-state index is 11.0. The highest BCUT2D eigenvalue weighted by molar-refractivity contribution is 5.69. The Kier molecular flexibility index (Phi) is 4.75. The average Bonchev–Trinajstić information content (AvgIpc) is 2.46. The minimum absolute atomic E-state index is 0.170. The zero-order chi connectivity index (χ0) is 14.4. The van der Waals surface area contributed by atoms with Gasteiger partial charge in [-0.3, -0.25) is 4.79 Å². The minimum Gasteiger partial charge on any atom is -0.469 e. The van der Waals surface area contributed by atoms with Gasteiger partial charge < -0.3 is 10.1 Å². The molecule has 106 valence electrons. The third-order valence-electron chi connectivity index (χ3n) is 3.95. The summed E-state index contributed by atoms with van der Waals surface area (Å²) in [4.78, 5) is 11.0. The first-order valence-corrected chi connectivity index (χ1v) is 6.97. The molecule has 1 aliphatic carbocycles. The van der Waals surface area contributed by atoms with Crippen LogP contribution < -0.4 is 5.32 Å². The number of rotatable bonds is 6. The molecule has 0 saturated heterocycles. The molecular weight excluding hydrogens is 252 g/mol. The molecule has 0 aliphatic heterocycles. The van der Waals surface area contributed by atoms with Crippen molar-refractivity contribution >= 4 is 5.97 Å². The lowest BCUT2D eigenvalue weighted by Gasteiger charge is -2.43. The van der Waals surface area contributed by atoms with E-state index in [9.17, 15) is 10.1 Å². The van der Waals surface area contributed by atoms with Crippen molar-refractivity contribution in [3.63, 3.8) is 0 Å². The minimum atomic E-state index is -0.332.